The predicted octanol–water partition coefficient (Wildman–Crippen LogP) is 3.02. The molecule has 0 aromatic carbocycles. The van der Waals surface area contributed by atoms with Gasteiger partial charge in [0.1, 0.15) is 11.2 Å². The molecule has 0 radical (unpaired) electrons. The lowest BCUT2D eigenvalue weighted by Crippen LogP contribution is -2.45. The summed E-state index contributed by atoms with van der Waals surface area (Å²) in [7, 11) is 0. The summed E-state index contributed by atoms with van der Waals surface area (Å²) in [4.78, 5) is 36.7. The van der Waals surface area contributed by atoms with E-state index in [-0.39, 0.29) is 0 Å². The van der Waals surface area contributed by atoms with Gasteiger partial charge in [-0.2, -0.15) is 0 Å². The first kappa shape index (κ1) is 21.4. The van der Waals surface area contributed by atoms with Gasteiger partial charge < -0.3 is 14.2 Å². The minimum Gasteiger partial charge on any atom is -0.457 e. The fraction of sp³-hybridized carbons (Fsp3) is 0.824. The number of carbonyl (C=O) groups excluding carboxylic acids is 3. The third-order valence-electron chi connectivity index (χ3n) is 2.90. The summed E-state index contributed by atoms with van der Waals surface area (Å²) in [6, 6.07) is 0. The largest absolute Gasteiger partial charge is 0.457 e. The second-order valence-corrected chi connectivity index (χ2v) is 8.09. The van der Waals surface area contributed by atoms with E-state index in [9.17, 15) is 14.4 Å². The van der Waals surface area contributed by atoms with Gasteiger partial charge in [-0.1, -0.05) is 6.92 Å². The molecule has 0 N–H and O–H groups in total. The van der Waals surface area contributed by atoms with Gasteiger partial charge >= 0.3 is 17.9 Å². The number of rotatable bonds is 5. The van der Waals surface area contributed by atoms with Crippen LogP contribution >= 0.6 is 0 Å². The van der Waals surface area contributed by atoms with Crippen molar-refractivity contribution in [2.24, 2.45) is 5.41 Å². The summed E-state index contributed by atoms with van der Waals surface area (Å²) in [6.07, 6.45) is -1.23. The molecule has 0 aromatic heterocycles. The van der Waals surface area contributed by atoms with Crippen LogP contribution in [0.4, 0.5) is 0 Å². The number of ether oxygens (including phenoxy) is 3. The van der Waals surface area contributed by atoms with Crippen molar-refractivity contribution >= 4 is 17.9 Å². The highest BCUT2D eigenvalue weighted by atomic mass is 16.6. The van der Waals surface area contributed by atoms with E-state index in [1.54, 1.807) is 55.4 Å². The normalized spacial score (nSPS) is 12.8. The van der Waals surface area contributed by atoms with Crippen LogP contribution in [0.2, 0.25) is 0 Å². The van der Waals surface area contributed by atoms with Crippen molar-refractivity contribution in [3.8, 4) is 0 Å². The first-order valence-electron chi connectivity index (χ1n) is 7.76. The summed E-state index contributed by atoms with van der Waals surface area (Å²) in [5.41, 5.74) is -2.45. The van der Waals surface area contributed by atoms with Crippen LogP contribution in [0.25, 0.3) is 0 Å². The molecule has 0 fully saturated rings. The lowest BCUT2D eigenvalue weighted by molar-refractivity contribution is -0.193. The average molecular weight is 330 g/mol. The Morgan fingerprint density at radius 3 is 1.39 bits per heavy atom. The minimum atomic E-state index is -1.73. The van der Waals surface area contributed by atoms with Gasteiger partial charge in [-0.15, -0.1) is 0 Å². The minimum absolute atomic E-state index is 0.501. The molecule has 134 valence electrons. The number of esters is 3. The van der Waals surface area contributed by atoms with Crippen molar-refractivity contribution in [2.45, 2.75) is 86.0 Å². The third kappa shape index (κ3) is 8.00. The smallest absolute Gasteiger partial charge is 0.359 e. The molecular formula is C17H30O6. The van der Waals surface area contributed by atoms with Crippen molar-refractivity contribution in [2.75, 3.05) is 0 Å². The van der Waals surface area contributed by atoms with E-state index in [1.165, 1.54) is 0 Å². The number of carbonyl (C=O) groups is 3. The van der Waals surface area contributed by atoms with Crippen LogP contribution in [0.3, 0.4) is 0 Å². The molecule has 0 aliphatic carbocycles. The lowest BCUT2D eigenvalue weighted by Gasteiger charge is -2.28. The van der Waals surface area contributed by atoms with E-state index in [1.807, 2.05) is 6.92 Å². The van der Waals surface area contributed by atoms with Crippen LogP contribution in [0, 0.1) is 5.41 Å². The van der Waals surface area contributed by atoms with Crippen molar-refractivity contribution in [3.63, 3.8) is 0 Å². The maximum absolute atomic E-state index is 12.2. The van der Waals surface area contributed by atoms with E-state index >= 15 is 0 Å². The number of hydrogen-bond acceptors (Lipinski definition) is 6. The van der Waals surface area contributed by atoms with E-state index in [4.69, 9.17) is 14.2 Å². The molecule has 0 saturated heterocycles. The summed E-state index contributed by atoms with van der Waals surface area (Å²) in [5.74, 6) is -2.53. The third-order valence-corrected chi connectivity index (χ3v) is 2.90. The number of hydrogen-bond donors (Lipinski definition) is 0. The zero-order valence-electron chi connectivity index (χ0n) is 15.7. The van der Waals surface area contributed by atoms with Gasteiger partial charge in [0.25, 0.3) is 6.10 Å². The van der Waals surface area contributed by atoms with E-state index < -0.39 is 40.6 Å². The van der Waals surface area contributed by atoms with Crippen LogP contribution < -0.4 is 0 Å². The maximum atomic E-state index is 12.2. The van der Waals surface area contributed by atoms with Crippen LogP contribution in [0.5, 0.6) is 0 Å². The summed E-state index contributed by atoms with van der Waals surface area (Å²) in [5, 5.41) is 0. The van der Waals surface area contributed by atoms with Gasteiger partial charge in [0.2, 0.25) is 0 Å². The van der Waals surface area contributed by atoms with Crippen LogP contribution in [0.1, 0.15) is 68.7 Å². The average Bonchev–Trinajstić information content (AvgIpc) is 2.30. The van der Waals surface area contributed by atoms with Crippen LogP contribution in [-0.2, 0) is 28.6 Å². The molecule has 0 spiro atoms. The van der Waals surface area contributed by atoms with Gasteiger partial charge in [0, 0.05) is 0 Å². The quantitative estimate of drug-likeness (QED) is 0.438. The zero-order valence-corrected chi connectivity index (χ0v) is 15.7. The van der Waals surface area contributed by atoms with Crippen LogP contribution in [0.15, 0.2) is 0 Å². The Morgan fingerprint density at radius 1 is 0.783 bits per heavy atom. The standard InChI is InChI=1S/C17H30O6/c1-10-17(8,9)14(20)21-11(12(18)22-15(2,3)4)13(19)23-16(5,6)7/h11H,10H2,1-9H3. The highest BCUT2D eigenvalue weighted by molar-refractivity contribution is 6.00. The fourth-order valence-electron chi connectivity index (χ4n) is 1.31. The lowest BCUT2D eigenvalue weighted by atomic mass is 9.90. The SMILES string of the molecule is CCC(C)(C)C(=O)OC(C(=O)OC(C)(C)C)C(=O)OC(C)(C)C. The molecule has 0 heterocycles. The Morgan fingerprint density at radius 2 is 1.13 bits per heavy atom. The van der Waals surface area contributed by atoms with Gasteiger partial charge in [-0.25, -0.2) is 9.59 Å². The molecule has 6 heteroatoms. The molecule has 0 amide bonds. The molecule has 0 aliphatic heterocycles. The van der Waals surface area contributed by atoms with E-state index in [2.05, 4.69) is 0 Å². The van der Waals surface area contributed by atoms with E-state index in [0.29, 0.717) is 6.42 Å². The molecule has 0 bridgehead atoms. The molecule has 6 nitrogen and oxygen atoms in total. The first-order chi connectivity index (χ1) is 10.1. The molecule has 0 rings (SSSR count). The van der Waals surface area contributed by atoms with Gasteiger partial charge in [0.05, 0.1) is 5.41 Å². The predicted molar refractivity (Wildman–Crippen MR) is 85.6 cm³/mol. The highest BCUT2D eigenvalue weighted by Crippen LogP contribution is 2.24. The summed E-state index contributed by atoms with van der Waals surface area (Å²) < 4.78 is 15.5. The fourth-order valence-corrected chi connectivity index (χ4v) is 1.31. The van der Waals surface area contributed by atoms with Crippen molar-refractivity contribution < 1.29 is 28.6 Å². The molecule has 0 aromatic rings. The Kier molecular flexibility index (Phi) is 6.81. The Bertz CT molecular complexity index is 423. The monoisotopic (exact) mass is 330 g/mol. The molecule has 0 saturated carbocycles. The molecule has 0 aliphatic rings. The maximum Gasteiger partial charge on any atom is 0.359 e. The van der Waals surface area contributed by atoms with Gasteiger partial charge in [-0.05, 0) is 61.8 Å². The molecule has 0 atom stereocenters. The summed E-state index contributed by atoms with van der Waals surface area (Å²) in [6.45, 7) is 15.1. The molecular weight excluding hydrogens is 300 g/mol. The Hall–Kier alpha value is -1.59. The van der Waals surface area contributed by atoms with Crippen LogP contribution in [-0.4, -0.2) is 35.2 Å². The second kappa shape index (κ2) is 7.32. The highest BCUT2D eigenvalue weighted by Gasteiger charge is 2.41. The second-order valence-electron chi connectivity index (χ2n) is 8.09. The van der Waals surface area contributed by atoms with Crippen molar-refractivity contribution in [3.05, 3.63) is 0 Å². The zero-order chi connectivity index (χ0) is 18.6. The van der Waals surface area contributed by atoms with Gasteiger partial charge in [0.15, 0.2) is 0 Å². The molecule has 0 unspecified atom stereocenters. The van der Waals surface area contributed by atoms with E-state index in [0.717, 1.165) is 0 Å². The first-order valence-corrected chi connectivity index (χ1v) is 7.76. The van der Waals surface area contributed by atoms with Crippen molar-refractivity contribution in [1.29, 1.82) is 0 Å². The Balaban J connectivity index is 5.35. The summed E-state index contributed by atoms with van der Waals surface area (Å²) >= 11 is 0. The topological polar surface area (TPSA) is 78.9 Å². The van der Waals surface area contributed by atoms with Crippen molar-refractivity contribution in [1.82, 2.24) is 0 Å². The molecule has 23 heavy (non-hydrogen) atoms. The Labute approximate surface area is 138 Å². The van der Waals surface area contributed by atoms with Gasteiger partial charge in [-0.3, -0.25) is 4.79 Å².